The highest BCUT2D eigenvalue weighted by Crippen LogP contribution is 2.35. The first kappa shape index (κ1) is 21.5. The van der Waals surface area contributed by atoms with Crippen LogP contribution in [-0.4, -0.2) is 47.2 Å². The molecule has 4 rings (SSSR count). The Kier molecular flexibility index (Phi) is 6.03. The maximum atomic E-state index is 14.6. The van der Waals surface area contributed by atoms with Gasteiger partial charge in [0.15, 0.2) is 11.6 Å². The van der Waals surface area contributed by atoms with Crippen molar-refractivity contribution in [1.82, 2.24) is 10.2 Å². The Labute approximate surface area is 186 Å². The monoisotopic (exact) mass is 499 g/mol. The number of halogens is 4. The van der Waals surface area contributed by atoms with E-state index in [-0.39, 0.29) is 35.4 Å². The number of β-amino-alcohol motifs (C(OH)–C–C–N with tert-alkyl or cyclic N) is 1. The maximum absolute atomic E-state index is 14.6. The van der Waals surface area contributed by atoms with E-state index >= 15 is 0 Å². The molecule has 0 bridgehead atoms. The molecule has 0 aliphatic carbocycles. The van der Waals surface area contributed by atoms with Crippen LogP contribution < -0.4 is 10.6 Å². The van der Waals surface area contributed by atoms with Crippen LogP contribution in [0.15, 0.2) is 34.8 Å². The lowest BCUT2D eigenvalue weighted by Gasteiger charge is -2.51. The van der Waals surface area contributed by atoms with Crippen LogP contribution in [0.5, 0.6) is 0 Å². The van der Waals surface area contributed by atoms with Crippen molar-refractivity contribution in [2.45, 2.75) is 30.9 Å². The summed E-state index contributed by atoms with van der Waals surface area (Å²) in [6.07, 6.45) is 2.94. The summed E-state index contributed by atoms with van der Waals surface area (Å²) in [5.74, 6) is -2.72. The van der Waals surface area contributed by atoms with Gasteiger partial charge in [-0.1, -0.05) is 34.0 Å². The molecule has 1 atom stereocenters. The molecule has 30 heavy (non-hydrogen) atoms. The van der Waals surface area contributed by atoms with Gasteiger partial charge < -0.3 is 20.6 Å². The number of piperidine rings is 1. The number of nitrogens with zero attached hydrogens (tertiary/aromatic N) is 1. The SMILES string of the molecule is O=C(c1ccc(F)c(F)c1Nc1ccc(Br)cc1Cl)N1CC(O)(C2CCCCN2)C1. The predicted molar refractivity (Wildman–Crippen MR) is 115 cm³/mol. The number of hydrogen-bond acceptors (Lipinski definition) is 4. The Bertz CT molecular complexity index is 979. The highest BCUT2D eigenvalue weighted by atomic mass is 79.9. The second kappa shape index (κ2) is 8.42. The van der Waals surface area contributed by atoms with E-state index in [0.717, 1.165) is 36.3 Å². The number of aliphatic hydroxyl groups is 1. The molecule has 2 heterocycles. The van der Waals surface area contributed by atoms with E-state index in [2.05, 4.69) is 26.6 Å². The summed E-state index contributed by atoms with van der Waals surface area (Å²) < 4.78 is 29.3. The molecule has 3 N–H and O–H groups in total. The lowest BCUT2D eigenvalue weighted by Crippen LogP contribution is -2.72. The molecule has 2 aliphatic heterocycles. The second-order valence-corrected chi connectivity index (χ2v) is 9.12. The Morgan fingerprint density at radius 2 is 2.03 bits per heavy atom. The minimum atomic E-state index is -1.16. The number of nitrogens with one attached hydrogen (secondary N) is 2. The van der Waals surface area contributed by atoms with Crippen molar-refractivity contribution in [3.05, 3.63) is 57.0 Å². The second-order valence-electron chi connectivity index (χ2n) is 7.80. The summed E-state index contributed by atoms with van der Waals surface area (Å²) in [5, 5.41) is 17.2. The molecule has 0 radical (unpaired) electrons. The van der Waals surface area contributed by atoms with Gasteiger partial charge in [0.1, 0.15) is 5.60 Å². The van der Waals surface area contributed by atoms with E-state index in [0.29, 0.717) is 5.69 Å². The third-order valence-corrected chi connectivity index (χ3v) is 6.50. The largest absolute Gasteiger partial charge is 0.385 e. The van der Waals surface area contributed by atoms with Crippen molar-refractivity contribution in [2.75, 3.05) is 25.0 Å². The Hall–Kier alpha value is -1.74. The molecular formula is C21H21BrClF2N3O2. The van der Waals surface area contributed by atoms with Gasteiger partial charge in [-0.2, -0.15) is 0 Å². The lowest BCUT2D eigenvalue weighted by atomic mass is 9.81. The predicted octanol–water partition coefficient (Wildman–Crippen LogP) is 4.45. The van der Waals surface area contributed by atoms with Gasteiger partial charge in [0.25, 0.3) is 5.91 Å². The lowest BCUT2D eigenvalue weighted by molar-refractivity contribution is -0.108. The van der Waals surface area contributed by atoms with Gasteiger partial charge in [-0.25, -0.2) is 8.78 Å². The Balaban J connectivity index is 1.57. The summed E-state index contributed by atoms with van der Waals surface area (Å²) in [5.41, 5.74) is -0.969. The number of benzene rings is 2. The standard InChI is InChI=1S/C21H21BrClF2N3O2/c22-12-4-7-16(14(23)9-12)27-19-13(5-6-15(24)18(19)25)20(29)28-10-21(30,11-28)17-3-1-2-8-26-17/h4-7,9,17,26-27,30H,1-3,8,10-11H2. The van der Waals surface area contributed by atoms with E-state index in [1.165, 1.54) is 11.0 Å². The smallest absolute Gasteiger partial charge is 0.256 e. The number of carbonyl (C=O) groups excluding carboxylic acids is 1. The summed E-state index contributed by atoms with van der Waals surface area (Å²) >= 11 is 9.47. The maximum Gasteiger partial charge on any atom is 0.256 e. The van der Waals surface area contributed by atoms with Gasteiger partial charge in [0.2, 0.25) is 0 Å². The molecular weight excluding hydrogens is 480 g/mol. The summed E-state index contributed by atoms with van der Waals surface area (Å²) in [7, 11) is 0. The molecule has 0 aromatic heterocycles. The van der Waals surface area contributed by atoms with E-state index in [9.17, 15) is 18.7 Å². The van der Waals surface area contributed by atoms with E-state index in [1.54, 1.807) is 18.2 Å². The number of carbonyl (C=O) groups is 1. The molecule has 2 saturated heterocycles. The third-order valence-electron chi connectivity index (χ3n) is 5.69. The normalized spacial score (nSPS) is 20.6. The number of likely N-dealkylation sites (tertiary alicyclic amines) is 1. The molecule has 160 valence electrons. The Morgan fingerprint density at radius 3 is 2.70 bits per heavy atom. The van der Waals surface area contributed by atoms with Gasteiger partial charge >= 0.3 is 0 Å². The van der Waals surface area contributed by atoms with Gasteiger partial charge in [0, 0.05) is 10.5 Å². The van der Waals surface area contributed by atoms with Crippen LogP contribution in [0, 0.1) is 11.6 Å². The molecule has 1 amide bonds. The van der Waals surface area contributed by atoms with Crippen molar-refractivity contribution >= 4 is 44.8 Å². The van der Waals surface area contributed by atoms with Crippen LogP contribution in [0.3, 0.4) is 0 Å². The fraction of sp³-hybridized carbons (Fsp3) is 0.381. The molecule has 0 spiro atoms. The minimum absolute atomic E-state index is 0.0217. The van der Waals surface area contributed by atoms with Gasteiger partial charge in [-0.15, -0.1) is 0 Å². The van der Waals surface area contributed by atoms with Gasteiger partial charge in [-0.05, 0) is 49.7 Å². The summed E-state index contributed by atoms with van der Waals surface area (Å²) in [6.45, 7) is 1.12. The van der Waals surface area contributed by atoms with Crippen LogP contribution in [0.2, 0.25) is 5.02 Å². The van der Waals surface area contributed by atoms with Crippen LogP contribution >= 0.6 is 27.5 Å². The topological polar surface area (TPSA) is 64.6 Å². The molecule has 2 aromatic carbocycles. The summed E-state index contributed by atoms with van der Waals surface area (Å²) in [6, 6.07) is 6.99. The van der Waals surface area contributed by atoms with Crippen molar-refractivity contribution in [3.8, 4) is 0 Å². The molecule has 0 saturated carbocycles. The quantitative estimate of drug-likeness (QED) is 0.580. The third kappa shape index (κ3) is 4.06. The highest BCUT2D eigenvalue weighted by Gasteiger charge is 2.49. The number of anilines is 2. The fourth-order valence-corrected chi connectivity index (χ4v) is 4.76. The average molecular weight is 501 g/mol. The minimum Gasteiger partial charge on any atom is -0.385 e. The molecule has 9 heteroatoms. The number of hydrogen-bond donors (Lipinski definition) is 3. The zero-order valence-electron chi connectivity index (χ0n) is 16.0. The first-order valence-corrected chi connectivity index (χ1v) is 10.9. The Morgan fingerprint density at radius 1 is 1.27 bits per heavy atom. The van der Waals surface area contributed by atoms with Crippen LogP contribution in [-0.2, 0) is 0 Å². The van der Waals surface area contributed by atoms with Gasteiger partial charge in [-0.3, -0.25) is 4.79 Å². The molecule has 5 nitrogen and oxygen atoms in total. The van der Waals surface area contributed by atoms with Crippen molar-refractivity contribution < 1.29 is 18.7 Å². The van der Waals surface area contributed by atoms with E-state index < -0.39 is 23.1 Å². The zero-order chi connectivity index (χ0) is 21.5. The number of amides is 1. The summed E-state index contributed by atoms with van der Waals surface area (Å²) in [4.78, 5) is 14.5. The van der Waals surface area contributed by atoms with Crippen LogP contribution in [0.25, 0.3) is 0 Å². The van der Waals surface area contributed by atoms with E-state index in [4.69, 9.17) is 11.6 Å². The zero-order valence-corrected chi connectivity index (χ0v) is 18.4. The van der Waals surface area contributed by atoms with Crippen molar-refractivity contribution in [3.63, 3.8) is 0 Å². The molecule has 2 fully saturated rings. The molecule has 1 unspecified atom stereocenters. The molecule has 2 aromatic rings. The van der Waals surface area contributed by atoms with Crippen molar-refractivity contribution in [2.24, 2.45) is 0 Å². The highest BCUT2D eigenvalue weighted by molar-refractivity contribution is 9.10. The van der Waals surface area contributed by atoms with Crippen molar-refractivity contribution in [1.29, 1.82) is 0 Å². The first-order valence-electron chi connectivity index (χ1n) is 9.73. The van der Waals surface area contributed by atoms with E-state index in [1.807, 2.05) is 0 Å². The molecule has 2 aliphatic rings. The first-order chi connectivity index (χ1) is 14.3. The average Bonchev–Trinajstić information content (AvgIpc) is 2.71. The fourth-order valence-electron chi connectivity index (χ4n) is 4.04. The van der Waals surface area contributed by atoms with Crippen LogP contribution in [0.1, 0.15) is 29.6 Å². The van der Waals surface area contributed by atoms with Gasteiger partial charge in [0.05, 0.1) is 35.1 Å². The number of rotatable bonds is 4. The van der Waals surface area contributed by atoms with Crippen LogP contribution in [0.4, 0.5) is 20.2 Å².